The van der Waals surface area contributed by atoms with E-state index in [0.29, 0.717) is 0 Å². The number of aromatic nitrogens is 2. The molecule has 25 heavy (non-hydrogen) atoms. The third-order valence-corrected chi connectivity index (χ3v) is 4.77. The van der Waals surface area contributed by atoms with Gasteiger partial charge in [0.05, 0.1) is 11.2 Å². The molecular weight excluding hydrogens is 319 g/mol. The lowest BCUT2D eigenvalue weighted by molar-refractivity contribution is -0.132. The van der Waals surface area contributed by atoms with Crippen LogP contribution in [0, 0.1) is 5.82 Å². The van der Waals surface area contributed by atoms with E-state index in [-0.39, 0.29) is 11.7 Å². The number of benzene rings is 1. The molecule has 2 aromatic rings. The summed E-state index contributed by atoms with van der Waals surface area (Å²) in [4.78, 5) is 13.8. The molecule has 0 atom stereocenters. The van der Waals surface area contributed by atoms with Crippen molar-refractivity contribution in [3.8, 4) is 11.3 Å². The van der Waals surface area contributed by atoms with Crippen LogP contribution in [0.4, 0.5) is 4.39 Å². The van der Waals surface area contributed by atoms with E-state index < -0.39 is 5.54 Å². The van der Waals surface area contributed by atoms with E-state index in [1.165, 1.54) is 12.1 Å². The summed E-state index contributed by atoms with van der Waals surface area (Å²) in [6.07, 6.45) is 5.57. The second kappa shape index (κ2) is 7.35. The van der Waals surface area contributed by atoms with Crippen LogP contribution in [0.1, 0.15) is 37.8 Å². The van der Waals surface area contributed by atoms with Crippen molar-refractivity contribution in [2.75, 3.05) is 13.6 Å². The average Bonchev–Trinajstić information content (AvgIpc) is 3.18. The summed E-state index contributed by atoms with van der Waals surface area (Å²) in [6, 6.07) is 8.34. The van der Waals surface area contributed by atoms with Crippen molar-refractivity contribution < 1.29 is 9.18 Å². The molecule has 134 valence electrons. The molecule has 0 radical (unpaired) electrons. The van der Waals surface area contributed by atoms with Gasteiger partial charge in [-0.3, -0.25) is 9.89 Å². The monoisotopic (exact) mass is 344 g/mol. The van der Waals surface area contributed by atoms with Gasteiger partial charge in [-0.05, 0) is 62.4 Å². The van der Waals surface area contributed by atoms with Crippen molar-refractivity contribution in [3.05, 3.63) is 41.8 Å². The highest BCUT2D eigenvalue weighted by Crippen LogP contribution is 2.33. The number of carbonyl (C=O) groups is 1. The molecule has 6 heteroatoms. The number of nitrogens with one attached hydrogen (secondary N) is 1. The van der Waals surface area contributed by atoms with Gasteiger partial charge in [0.15, 0.2) is 0 Å². The third kappa shape index (κ3) is 4.45. The Labute approximate surface area is 147 Å². The Balaban J connectivity index is 1.38. The zero-order valence-electron chi connectivity index (χ0n) is 14.6. The summed E-state index contributed by atoms with van der Waals surface area (Å²) in [7, 11) is 1.83. The highest BCUT2D eigenvalue weighted by atomic mass is 19.1. The van der Waals surface area contributed by atoms with Crippen molar-refractivity contribution in [2.45, 2.75) is 44.1 Å². The second-order valence-corrected chi connectivity index (χ2v) is 6.98. The second-order valence-electron chi connectivity index (χ2n) is 6.98. The van der Waals surface area contributed by atoms with Crippen LogP contribution in [0.5, 0.6) is 0 Å². The summed E-state index contributed by atoms with van der Waals surface area (Å²) in [5, 5.41) is 7.33. The number of aryl methyl sites for hydroxylation is 1. The number of unbranched alkanes of at least 4 members (excludes halogenated alkanes) is 2. The highest BCUT2D eigenvalue weighted by Gasteiger charge is 2.47. The Morgan fingerprint density at radius 3 is 2.68 bits per heavy atom. The van der Waals surface area contributed by atoms with Crippen LogP contribution >= 0.6 is 0 Å². The van der Waals surface area contributed by atoms with Crippen LogP contribution in [0.3, 0.4) is 0 Å². The molecule has 0 spiro atoms. The maximum absolute atomic E-state index is 13.0. The Hall–Kier alpha value is -2.21. The van der Waals surface area contributed by atoms with E-state index in [0.717, 1.165) is 62.0 Å². The fourth-order valence-corrected chi connectivity index (χ4v) is 2.93. The minimum absolute atomic E-state index is 0.0741. The number of likely N-dealkylation sites (N-methyl/N-ethyl adjacent to an activating group) is 1. The van der Waals surface area contributed by atoms with Crippen molar-refractivity contribution in [2.24, 2.45) is 5.73 Å². The summed E-state index contributed by atoms with van der Waals surface area (Å²) in [6.45, 7) is 0.752. The first kappa shape index (κ1) is 17.6. The van der Waals surface area contributed by atoms with Crippen molar-refractivity contribution in [1.82, 2.24) is 15.1 Å². The van der Waals surface area contributed by atoms with Gasteiger partial charge >= 0.3 is 0 Å². The third-order valence-electron chi connectivity index (χ3n) is 4.77. The van der Waals surface area contributed by atoms with E-state index >= 15 is 0 Å². The lowest BCUT2D eigenvalue weighted by atomic mass is 10.1. The van der Waals surface area contributed by atoms with Gasteiger partial charge < -0.3 is 10.6 Å². The molecule has 0 unspecified atom stereocenters. The number of nitrogens with two attached hydrogens (primary N) is 1. The van der Waals surface area contributed by atoms with Gasteiger partial charge in [0.25, 0.3) is 0 Å². The molecule has 3 N–H and O–H groups in total. The fourth-order valence-electron chi connectivity index (χ4n) is 2.93. The maximum Gasteiger partial charge on any atom is 0.242 e. The smallest absolute Gasteiger partial charge is 0.242 e. The van der Waals surface area contributed by atoms with E-state index in [9.17, 15) is 9.18 Å². The zero-order chi connectivity index (χ0) is 17.9. The van der Waals surface area contributed by atoms with Gasteiger partial charge in [0, 0.05) is 24.8 Å². The summed E-state index contributed by atoms with van der Waals surface area (Å²) in [5.41, 5.74) is 8.17. The summed E-state index contributed by atoms with van der Waals surface area (Å²) >= 11 is 0. The largest absolute Gasteiger partial charge is 0.344 e. The van der Waals surface area contributed by atoms with Crippen molar-refractivity contribution in [1.29, 1.82) is 0 Å². The molecule has 5 nitrogen and oxygen atoms in total. The van der Waals surface area contributed by atoms with Gasteiger partial charge in [0.2, 0.25) is 5.91 Å². The molecule has 1 heterocycles. The standard InChI is InChI=1S/C19H25FN4O/c1-24(18(25)19(21)10-11-19)12-4-2-3-5-16-13-17(23-22-16)14-6-8-15(20)9-7-14/h6-9,13H,2-5,10-12,21H2,1H3,(H,22,23). The number of amides is 1. The van der Waals surface area contributed by atoms with Crippen LogP contribution in [0.2, 0.25) is 0 Å². The normalized spacial score (nSPS) is 15.2. The molecule has 0 aliphatic heterocycles. The minimum Gasteiger partial charge on any atom is -0.344 e. The number of H-pyrrole nitrogens is 1. The number of rotatable bonds is 8. The van der Waals surface area contributed by atoms with E-state index in [1.54, 1.807) is 17.0 Å². The maximum atomic E-state index is 13.0. The molecule has 1 aromatic carbocycles. The van der Waals surface area contributed by atoms with Crippen molar-refractivity contribution in [3.63, 3.8) is 0 Å². The Bertz CT molecular complexity index is 721. The van der Waals surface area contributed by atoms with Gasteiger partial charge in [-0.25, -0.2) is 4.39 Å². The first-order valence-corrected chi connectivity index (χ1v) is 8.83. The van der Waals surface area contributed by atoms with Crippen LogP contribution < -0.4 is 5.73 Å². The topological polar surface area (TPSA) is 75.0 Å². The molecule has 0 bridgehead atoms. The number of carbonyl (C=O) groups excluding carboxylic acids is 1. The van der Waals surface area contributed by atoms with Gasteiger partial charge in [-0.15, -0.1) is 0 Å². The average molecular weight is 344 g/mol. The molecule has 1 saturated carbocycles. The van der Waals surface area contributed by atoms with Crippen LogP contribution in [0.25, 0.3) is 11.3 Å². The molecule has 1 aliphatic carbocycles. The minimum atomic E-state index is -0.568. The van der Waals surface area contributed by atoms with Gasteiger partial charge in [-0.1, -0.05) is 6.42 Å². The molecule has 3 rings (SSSR count). The zero-order valence-corrected chi connectivity index (χ0v) is 14.6. The predicted octanol–water partition coefficient (Wildman–Crippen LogP) is 2.88. The van der Waals surface area contributed by atoms with Gasteiger partial charge in [0.1, 0.15) is 5.82 Å². The van der Waals surface area contributed by atoms with Crippen LogP contribution in [-0.4, -0.2) is 40.1 Å². The summed E-state index contributed by atoms with van der Waals surface area (Å²) in [5.74, 6) is -0.171. The van der Waals surface area contributed by atoms with Crippen LogP contribution in [-0.2, 0) is 11.2 Å². The first-order valence-electron chi connectivity index (χ1n) is 8.83. The Kier molecular flexibility index (Phi) is 5.18. The molecule has 1 aromatic heterocycles. The fraction of sp³-hybridized carbons (Fsp3) is 0.474. The predicted molar refractivity (Wildman–Crippen MR) is 95.3 cm³/mol. The van der Waals surface area contributed by atoms with E-state index in [4.69, 9.17) is 5.73 Å². The molecule has 1 fully saturated rings. The molecular formula is C19H25FN4O. The summed E-state index contributed by atoms with van der Waals surface area (Å²) < 4.78 is 13.0. The van der Waals surface area contributed by atoms with E-state index in [1.807, 2.05) is 13.1 Å². The lowest BCUT2D eigenvalue weighted by Crippen LogP contribution is -2.44. The van der Waals surface area contributed by atoms with E-state index in [2.05, 4.69) is 10.2 Å². The number of nitrogens with zero attached hydrogens (tertiary/aromatic N) is 2. The molecule has 1 aliphatic rings. The SMILES string of the molecule is CN(CCCCCc1cc(-c2ccc(F)cc2)n[nH]1)C(=O)C1(N)CC1. The number of aromatic amines is 1. The van der Waals surface area contributed by atoms with Crippen LogP contribution in [0.15, 0.2) is 30.3 Å². The lowest BCUT2D eigenvalue weighted by Gasteiger charge is -2.20. The van der Waals surface area contributed by atoms with Crippen molar-refractivity contribution >= 4 is 5.91 Å². The Morgan fingerprint density at radius 1 is 1.28 bits per heavy atom. The highest BCUT2D eigenvalue weighted by molar-refractivity contribution is 5.88. The number of halogens is 1. The molecule has 0 saturated heterocycles. The number of hydrogen-bond acceptors (Lipinski definition) is 3. The quantitative estimate of drug-likeness (QED) is 0.723. The molecule has 1 amide bonds. The first-order chi connectivity index (χ1) is 12.0. The van der Waals surface area contributed by atoms with Gasteiger partial charge in [-0.2, -0.15) is 5.10 Å². The Morgan fingerprint density at radius 2 is 2.00 bits per heavy atom. The number of hydrogen-bond donors (Lipinski definition) is 2.